The second-order valence-electron chi connectivity index (χ2n) is 5.78. The fourth-order valence-electron chi connectivity index (χ4n) is 1.08. The summed E-state index contributed by atoms with van der Waals surface area (Å²) in [7, 11) is 1.35. The van der Waals surface area contributed by atoms with Crippen molar-refractivity contribution in [2.24, 2.45) is 0 Å². The summed E-state index contributed by atoms with van der Waals surface area (Å²) in [5.74, 6) is -0.245. The zero-order chi connectivity index (χ0) is 20.3. The molecule has 0 unspecified atom stereocenters. The Morgan fingerprint density at radius 1 is 1.08 bits per heavy atom. The average molecular weight is 356 g/mol. The summed E-state index contributed by atoms with van der Waals surface area (Å²) in [5, 5.41) is 2.63. The van der Waals surface area contributed by atoms with Crippen LogP contribution in [-0.4, -0.2) is 31.3 Å². The number of amides is 1. The molecule has 0 atom stereocenters. The van der Waals surface area contributed by atoms with Crippen LogP contribution in [0.15, 0.2) is 30.3 Å². The van der Waals surface area contributed by atoms with Crippen LogP contribution in [0.25, 0.3) is 0 Å². The average Bonchev–Trinajstić information content (AvgIpc) is 2.55. The molecule has 0 heterocycles. The van der Waals surface area contributed by atoms with Gasteiger partial charge in [-0.2, -0.15) is 0 Å². The van der Waals surface area contributed by atoms with E-state index in [4.69, 9.17) is 4.74 Å². The molecule has 5 nitrogen and oxygen atoms in total. The summed E-state index contributed by atoms with van der Waals surface area (Å²) in [6.45, 7) is 15.7. The predicted molar refractivity (Wildman–Crippen MR) is 105 cm³/mol. The van der Waals surface area contributed by atoms with Crippen molar-refractivity contribution in [3.05, 3.63) is 35.9 Å². The van der Waals surface area contributed by atoms with Crippen molar-refractivity contribution in [1.29, 1.82) is 0 Å². The van der Waals surface area contributed by atoms with Gasteiger partial charge < -0.3 is 14.8 Å². The Kier molecular flexibility index (Phi) is 20.3. The number of hydrogen-bond acceptors (Lipinski definition) is 4. The number of carbonyl (C=O) groups is 2. The van der Waals surface area contributed by atoms with Crippen LogP contribution in [-0.2, 0) is 14.3 Å². The quantitative estimate of drug-likeness (QED) is 0.748. The second-order valence-corrected chi connectivity index (χ2v) is 5.78. The van der Waals surface area contributed by atoms with Gasteiger partial charge in [-0.05, 0) is 34.1 Å². The van der Waals surface area contributed by atoms with Gasteiger partial charge >= 0.3 is 12.1 Å². The lowest BCUT2D eigenvalue weighted by Gasteiger charge is -2.19. The third-order valence-electron chi connectivity index (χ3n) is 2.15. The highest BCUT2D eigenvalue weighted by atomic mass is 16.6. The van der Waals surface area contributed by atoms with E-state index in [1.165, 1.54) is 19.6 Å². The van der Waals surface area contributed by atoms with E-state index >= 15 is 0 Å². The molecule has 0 aliphatic carbocycles. The van der Waals surface area contributed by atoms with Gasteiger partial charge in [0.2, 0.25) is 0 Å². The summed E-state index contributed by atoms with van der Waals surface area (Å²) in [6.07, 6.45) is 0.596. The molecule has 0 fully saturated rings. The topological polar surface area (TPSA) is 64.6 Å². The molecule has 25 heavy (non-hydrogen) atoms. The van der Waals surface area contributed by atoms with Gasteiger partial charge in [0, 0.05) is 13.5 Å². The lowest BCUT2D eigenvalue weighted by atomic mass is 10.2. The fraction of sp³-hybridized carbons (Fsp3) is 0.600. The van der Waals surface area contributed by atoms with Crippen molar-refractivity contribution in [1.82, 2.24) is 5.32 Å². The normalized spacial score (nSPS) is 8.84. The van der Waals surface area contributed by atoms with Crippen LogP contribution in [0.5, 0.6) is 0 Å². The van der Waals surface area contributed by atoms with Crippen molar-refractivity contribution in [2.45, 2.75) is 67.4 Å². The Labute approximate surface area is 154 Å². The van der Waals surface area contributed by atoms with E-state index in [-0.39, 0.29) is 12.1 Å². The summed E-state index contributed by atoms with van der Waals surface area (Å²) in [5.41, 5.74) is 0.931. The van der Waals surface area contributed by atoms with Crippen LogP contribution >= 0.6 is 0 Å². The van der Waals surface area contributed by atoms with Gasteiger partial charge in [0.1, 0.15) is 5.60 Å². The smallest absolute Gasteiger partial charge is 0.407 e. The molecule has 1 amide bonds. The number of alkyl carbamates (subject to hydrolysis) is 1. The number of methoxy groups -OCH3 is 1. The Morgan fingerprint density at radius 2 is 1.52 bits per heavy atom. The van der Waals surface area contributed by atoms with Gasteiger partial charge in [-0.15, -0.1) is 0 Å². The number of rotatable bonds is 2. The molecule has 1 aromatic carbocycles. The summed E-state index contributed by atoms with van der Waals surface area (Å²) >= 11 is 0. The standard InChI is InChI=1S/C8H17NO2.C7H8.C3H6O2.C2H6/c1-5-6-9-7(10)11-8(2,3)4;1-7-5-3-2-4-6-7;1-3(4)5-2;1-2/h5-6H2,1-4H3,(H,9,10);2-6H,1H3;1-2H3;1-2H3. The largest absolute Gasteiger partial charge is 0.469 e. The van der Waals surface area contributed by atoms with Crippen molar-refractivity contribution in [3.8, 4) is 0 Å². The van der Waals surface area contributed by atoms with Crippen molar-refractivity contribution < 1.29 is 19.1 Å². The first-order valence-electron chi connectivity index (χ1n) is 8.65. The highest BCUT2D eigenvalue weighted by Crippen LogP contribution is 2.06. The van der Waals surface area contributed by atoms with Crippen LogP contribution in [0.1, 0.15) is 60.5 Å². The highest BCUT2D eigenvalue weighted by molar-refractivity contribution is 5.67. The van der Waals surface area contributed by atoms with E-state index in [0.717, 1.165) is 6.42 Å². The maximum Gasteiger partial charge on any atom is 0.407 e. The first-order chi connectivity index (χ1) is 11.6. The van der Waals surface area contributed by atoms with Crippen LogP contribution < -0.4 is 5.32 Å². The molecular weight excluding hydrogens is 318 g/mol. The summed E-state index contributed by atoms with van der Waals surface area (Å²) in [4.78, 5) is 20.5. The van der Waals surface area contributed by atoms with Crippen LogP contribution in [0.4, 0.5) is 4.79 Å². The Hall–Kier alpha value is -2.04. The van der Waals surface area contributed by atoms with Crippen molar-refractivity contribution >= 4 is 12.1 Å². The number of hydrogen-bond donors (Lipinski definition) is 1. The Balaban J connectivity index is -0.000000296. The van der Waals surface area contributed by atoms with E-state index < -0.39 is 5.60 Å². The molecule has 0 aliphatic rings. The molecule has 1 aromatic rings. The third-order valence-corrected chi connectivity index (χ3v) is 2.15. The van der Waals surface area contributed by atoms with Crippen molar-refractivity contribution in [2.75, 3.05) is 13.7 Å². The molecule has 0 aromatic heterocycles. The van der Waals surface area contributed by atoms with Crippen molar-refractivity contribution in [3.63, 3.8) is 0 Å². The minimum atomic E-state index is -0.391. The molecule has 0 radical (unpaired) electrons. The minimum absolute atomic E-state index is 0.245. The molecule has 0 bridgehead atoms. The number of benzene rings is 1. The first-order valence-corrected chi connectivity index (χ1v) is 8.65. The Morgan fingerprint density at radius 3 is 1.76 bits per heavy atom. The zero-order valence-electron chi connectivity index (χ0n) is 17.4. The van der Waals surface area contributed by atoms with Gasteiger partial charge in [-0.1, -0.05) is 56.7 Å². The number of aryl methyl sites for hydroxylation is 1. The molecule has 0 aliphatic heterocycles. The molecule has 0 saturated heterocycles. The monoisotopic (exact) mass is 355 g/mol. The van der Waals surface area contributed by atoms with Gasteiger partial charge in [0.05, 0.1) is 7.11 Å². The third kappa shape index (κ3) is 30.4. The molecular formula is C20H37NO4. The number of esters is 1. The fourth-order valence-corrected chi connectivity index (χ4v) is 1.08. The van der Waals surface area contributed by atoms with E-state index in [2.05, 4.69) is 29.1 Å². The van der Waals surface area contributed by atoms with E-state index in [0.29, 0.717) is 6.54 Å². The molecule has 1 rings (SSSR count). The molecule has 0 saturated carbocycles. The first kappa shape index (κ1) is 27.8. The van der Waals surface area contributed by atoms with E-state index in [1.807, 2.05) is 59.7 Å². The molecule has 1 N–H and O–H groups in total. The maximum atomic E-state index is 10.9. The van der Waals surface area contributed by atoms with Gasteiger partial charge in [0.15, 0.2) is 0 Å². The highest BCUT2D eigenvalue weighted by Gasteiger charge is 2.14. The SMILES string of the molecule is CC.CCCNC(=O)OC(C)(C)C.COC(C)=O.Cc1ccccc1. The zero-order valence-corrected chi connectivity index (χ0v) is 17.4. The number of ether oxygens (including phenoxy) is 2. The van der Waals surface area contributed by atoms with Crippen LogP contribution in [0.3, 0.4) is 0 Å². The lowest BCUT2D eigenvalue weighted by Crippen LogP contribution is -2.32. The summed E-state index contributed by atoms with van der Waals surface area (Å²) < 4.78 is 9.10. The predicted octanol–water partition coefficient (Wildman–Crippen LogP) is 5.12. The second kappa shape index (κ2) is 18.3. The van der Waals surface area contributed by atoms with Gasteiger partial charge in [-0.25, -0.2) is 4.79 Å². The maximum absolute atomic E-state index is 10.9. The molecule has 146 valence electrons. The van der Waals surface area contributed by atoms with Gasteiger partial charge in [-0.3, -0.25) is 4.79 Å². The van der Waals surface area contributed by atoms with Crippen LogP contribution in [0.2, 0.25) is 0 Å². The van der Waals surface area contributed by atoms with E-state index in [9.17, 15) is 9.59 Å². The number of carbonyl (C=O) groups excluding carboxylic acids is 2. The molecule has 5 heteroatoms. The number of nitrogens with one attached hydrogen (secondary N) is 1. The van der Waals surface area contributed by atoms with Crippen LogP contribution in [0, 0.1) is 6.92 Å². The lowest BCUT2D eigenvalue weighted by molar-refractivity contribution is -0.137. The minimum Gasteiger partial charge on any atom is -0.469 e. The summed E-state index contributed by atoms with van der Waals surface area (Å²) in [6, 6.07) is 10.3. The van der Waals surface area contributed by atoms with Gasteiger partial charge in [0.25, 0.3) is 0 Å². The molecule has 0 spiro atoms. The van der Waals surface area contributed by atoms with E-state index in [1.54, 1.807) is 0 Å². The Bertz CT molecular complexity index is 425.